The second-order valence-corrected chi connectivity index (χ2v) is 9.61. The van der Waals surface area contributed by atoms with Crippen LogP contribution in [-0.4, -0.2) is 50.2 Å². The lowest BCUT2D eigenvalue weighted by atomic mass is 10.2. The number of sulfonamides is 1. The van der Waals surface area contributed by atoms with Gasteiger partial charge in [0.15, 0.2) is 0 Å². The topological polar surface area (TPSA) is 69.7 Å². The molecule has 0 radical (unpaired) electrons. The van der Waals surface area contributed by atoms with Crippen LogP contribution in [-0.2, 0) is 14.8 Å². The van der Waals surface area contributed by atoms with Crippen LogP contribution in [0.3, 0.4) is 0 Å². The maximum atomic E-state index is 12.9. The molecule has 154 valence electrons. The summed E-state index contributed by atoms with van der Waals surface area (Å²) in [5.41, 5.74) is 1.15. The van der Waals surface area contributed by atoms with Gasteiger partial charge in [-0.1, -0.05) is 26.0 Å². The van der Waals surface area contributed by atoms with E-state index in [0.717, 1.165) is 0 Å². The summed E-state index contributed by atoms with van der Waals surface area (Å²) in [7, 11) is -1.69. The largest absolute Gasteiger partial charge is 0.325 e. The van der Waals surface area contributed by atoms with E-state index in [0.29, 0.717) is 24.3 Å². The summed E-state index contributed by atoms with van der Waals surface area (Å²) in [5, 5.41) is 4.85. The van der Waals surface area contributed by atoms with Crippen LogP contribution in [0.1, 0.15) is 37.3 Å². The van der Waals surface area contributed by atoms with Gasteiger partial charge in [0.1, 0.15) is 0 Å². The molecular formula is C20H29N3O3S2. The van der Waals surface area contributed by atoms with Gasteiger partial charge in [-0.25, -0.2) is 8.42 Å². The van der Waals surface area contributed by atoms with Crippen molar-refractivity contribution in [3.63, 3.8) is 0 Å². The van der Waals surface area contributed by atoms with Gasteiger partial charge in [0, 0.05) is 29.7 Å². The average molecular weight is 424 g/mol. The predicted molar refractivity (Wildman–Crippen MR) is 115 cm³/mol. The molecule has 1 heterocycles. The third-order valence-corrected chi connectivity index (χ3v) is 8.04. The standard InChI is InChI=1S/C20H29N3O3S2/c1-6-23(7-2)28(25,26)19-13-17(11-10-15(19)3)21-20(24)14-22(5)16(4)18-9-8-12-27-18/h8-13,16H,6-7,14H2,1-5H3,(H,21,24). The minimum atomic E-state index is -3.58. The first-order valence-corrected chi connectivity index (χ1v) is 11.7. The smallest absolute Gasteiger partial charge is 0.243 e. The Kier molecular flexibility index (Phi) is 7.77. The number of anilines is 1. The molecule has 1 aromatic carbocycles. The van der Waals surface area contributed by atoms with Gasteiger partial charge in [-0.2, -0.15) is 4.31 Å². The van der Waals surface area contributed by atoms with Crippen molar-refractivity contribution in [2.75, 3.05) is 32.0 Å². The molecule has 0 aliphatic heterocycles. The minimum absolute atomic E-state index is 0.127. The zero-order valence-electron chi connectivity index (χ0n) is 17.1. The fourth-order valence-electron chi connectivity index (χ4n) is 2.97. The van der Waals surface area contributed by atoms with E-state index in [4.69, 9.17) is 0 Å². The Hall–Kier alpha value is -1.74. The lowest BCUT2D eigenvalue weighted by molar-refractivity contribution is -0.117. The highest BCUT2D eigenvalue weighted by Crippen LogP contribution is 2.25. The molecule has 6 nitrogen and oxygen atoms in total. The summed E-state index contributed by atoms with van der Waals surface area (Å²) in [6.07, 6.45) is 0. The van der Waals surface area contributed by atoms with Crippen molar-refractivity contribution in [1.29, 1.82) is 0 Å². The summed E-state index contributed by atoms with van der Waals surface area (Å²) < 4.78 is 27.1. The van der Waals surface area contributed by atoms with Gasteiger partial charge in [-0.15, -0.1) is 11.3 Å². The molecule has 0 spiro atoms. The highest BCUT2D eigenvalue weighted by atomic mass is 32.2. The molecule has 1 N–H and O–H groups in total. The molecule has 0 fully saturated rings. The summed E-state index contributed by atoms with van der Waals surface area (Å²) in [6, 6.07) is 9.18. The number of carbonyl (C=O) groups is 1. The molecular weight excluding hydrogens is 394 g/mol. The normalized spacial score (nSPS) is 13.1. The number of nitrogens with one attached hydrogen (secondary N) is 1. The van der Waals surface area contributed by atoms with E-state index in [2.05, 4.69) is 12.2 Å². The van der Waals surface area contributed by atoms with Crippen molar-refractivity contribution in [2.24, 2.45) is 0 Å². The molecule has 0 aliphatic carbocycles. The number of benzene rings is 1. The summed E-state index contributed by atoms with van der Waals surface area (Å²) in [4.78, 5) is 15.9. The van der Waals surface area contributed by atoms with E-state index < -0.39 is 10.0 Å². The molecule has 1 unspecified atom stereocenters. The number of hydrogen-bond acceptors (Lipinski definition) is 5. The number of amides is 1. The summed E-state index contributed by atoms with van der Waals surface area (Å²) in [5.74, 6) is -0.180. The molecule has 2 rings (SSSR count). The van der Waals surface area contributed by atoms with Gasteiger partial charge >= 0.3 is 0 Å². The molecule has 0 aliphatic rings. The van der Waals surface area contributed by atoms with Gasteiger partial charge in [0.2, 0.25) is 15.9 Å². The summed E-state index contributed by atoms with van der Waals surface area (Å²) in [6.45, 7) is 8.46. The van der Waals surface area contributed by atoms with Crippen LogP contribution in [0.5, 0.6) is 0 Å². The third-order valence-electron chi connectivity index (χ3n) is 4.80. The molecule has 8 heteroatoms. The van der Waals surface area contributed by atoms with Crippen LogP contribution in [0.2, 0.25) is 0 Å². The van der Waals surface area contributed by atoms with Crippen LogP contribution < -0.4 is 5.32 Å². The van der Waals surface area contributed by atoms with Crippen LogP contribution in [0.4, 0.5) is 5.69 Å². The molecule has 1 amide bonds. The van der Waals surface area contributed by atoms with Crippen molar-refractivity contribution in [2.45, 2.75) is 38.6 Å². The van der Waals surface area contributed by atoms with E-state index in [-0.39, 0.29) is 23.4 Å². The lowest BCUT2D eigenvalue weighted by Crippen LogP contribution is -2.32. The first kappa shape index (κ1) is 22.5. The summed E-state index contributed by atoms with van der Waals surface area (Å²) >= 11 is 1.66. The van der Waals surface area contributed by atoms with Crippen molar-refractivity contribution < 1.29 is 13.2 Å². The zero-order chi connectivity index (χ0) is 20.9. The SMILES string of the molecule is CCN(CC)S(=O)(=O)c1cc(NC(=O)CN(C)C(C)c2cccs2)ccc1C. The molecule has 0 bridgehead atoms. The average Bonchev–Trinajstić information content (AvgIpc) is 3.17. The van der Waals surface area contributed by atoms with Crippen molar-refractivity contribution >= 4 is 33.0 Å². The Bertz CT molecular complexity index is 891. The Labute approximate surface area is 172 Å². The molecule has 2 aromatic rings. The highest BCUT2D eigenvalue weighted by Gasteiger charge is 2.24. The third kappa shape index (κ3) is 5.20. The molecule has 1 aromatic heterocycles. The van der Waals surface area contributed by atoms with Crippen molar-refractivity contribution in [1.82, 2.24) is 9.21 Å². The first-order chi connectivity index (χ1) is 13.2. The Morgan fingerprint density at radius 1 is 1.21 bits per heavy atom. The van der Waals surface area contributed by atoms with Gasteiger partial charge < -0.3 is 5.32 Å². The molecule has 28 heavy (non-hydrogen) atoms. The van der Waals surface area contributed by atoms with Crippen molar-refractivity contribution in [3.8, 4) is 0 Å². The molecule has 1 atom stereocenters. The minimum Gasteiger partial charge on any atom is -0.325 e. The van der Waals surface area contributed by atoms with E-state index in [9.17, 15) is 13.2 Å². The number of carbonyl (C=O) groups excluding carboxylic acids is 1. The predicted octanol–water partition coefficient (Wildman–Crippen LogP) is 3.72. The lowest BCUT2D eigenvalue weighted by Gasteiger charge is -2.23. The number of thiophene rings is 1. The van der Waals surface area contributed by atoms with Gasteiger partial charge in [-0.3, -0.25) is 9.69 Å². The Balaban J connectivity index is 2.13. The van der Waals surface area contributed by atoms with E-state index in [1.54, 1.807) is 36.5 Å². The molecule has 0 saturated heterocycles. The monoisotopic (exact) mass is 423 g/mol. The number of nitrogens with zero attached hydrogens (tertiary/aromatic N) is 2. The maximum absolute atomic E-state index is 12.9. The quantitative estimate of drug-likeness (QED) is 0.667. The van der Waals surface area contributed by atoms with E-state index in [1.807, 2.05) is 43.3 Å². The Morgan fingerprint density at radius 2 is 1.89 bits per heavy atom. The number of hydrogen-bond donors (Lipinski definition) is 1. The second kappa shape index (κ2) is 9.65. The molecule has 0 saturated carbocycles. The van der Waals surface area contributed by atoms with Crippen LogP contribution in [0, 0.1) is 6.92 Å². The number of aryl methyl sites for hydroxylation is 1. The van der Waals surface area contributed by atoms with Crippen molar-refractivity contribution in [3.05, 3.63) is 46.2 Å². The highest BCUT2D eigenvalue weighted by molar-refractivity contribution is 7.89. The van der Waals surface area contributed by atoms with Gasteiger partial charge in [0.25, 0.3) is 0 Å². The van der Waals surface area contributed by atoms with Gasteiger partial charge in [-0.05, 0) is 50.0 Å². The van der Waals surface area contributed by atoms with E-state index >= 15 is 0 Å². The first-order valence-electron chi connectivity index (χ1n) is 9.35. The second-order valence-electron chi connectivity index (χ2n) is 6.72. The van der Waals surface area contributed by atoms with Crippen LogP contribution in [0.15, 0.2) is 40.6 Å². The van der Waals surface area contributed by atoms with Gasteiger partial charge in [0.05, 0.1) is 11.4 Å². The maximum Gasteiger partial charge on any atom is 0.243 e. The van der Waals surface area contributed by atoms with E-state index in [1.165, 1.54) is 9.18 Å². The van der Waals surface area contributed by atoms with Crippen LogP contribution in [0.25, 0.3) is 0 Å². The number of rotatable bonds is 9. The Morgan fingerprint density at radius 3 is 2.46 bits per heavy atom. The van der Waals surface area contributed by atoms with Crippen LogP contribution >= 0.6 is 11.3 Å². The fraction of sp³-hybridized carbons (Fsp3) is 0.450. The fourth-order valence-corrected chi connectivity index (χ4v) is 5.53. The zero-order valence-corrected chi connectivity index (χ0v) is 18.7. The number of likely N-dealkylation sites (N-methyl/N-ethyl adjacent to an activating group) is 1.